The molecule has 6 heteroatoms. The van der Waals surface area contributed by atoms with Gasteiger partial charge in [0.25, 0.3) is 5.91 Å². The Morgan fingerprint density at radius 1 is 1.35 bits per heavy atom. The average Bonchev–Trinajstić information content (AvgIpc) is 3.00. The van der Waals surface area contributed by atoms with Gasteiger partial charge in [0.05, 0.1) is 5.01 Å². The first-order valence-electron chi connectivity index (χ1n) is 7.73. The summed E-state index contributed by atoms with van der Waals surface area (Å²) >= 11 is 1.53. The Morgan fingerprint density at radius 3 is 3.00 bits per heavy atom. The molecule has 0 atom stereocenters. The molecule has 1 amide bonds. The van der Waals surface area contributed by atoms with E-state index in [2.05, 4.69) is 24.1 Å². The largest absolute Gasteiger partial charge is 0.486 e. The van der Waals surface area contributed by atoms with E-state index in [1.54, 1.807) is 0 Å². The molecule has 5 nitrogen and oxygen atoms in total. The Hall–Kier alpha value is -2.08. The molecule has 1 aliphatic heterocycles. The molecule has 122 valence electrons. The number of hydrogen-bond donors (Lipinski definition) is 1. The number of hydrogen-bond acceptors (Lipinski definition) is 5. The molecule has 0 bridgehead atoms. The molecular weight excluding hydrogens is 312 g/mol. The molecule has 0 radical (unpaired) electrons. The molecule has 3 rings (SSSR count). The zero-order valence-electron chi connectivity index (χ0n) is 13.3. The van der Waals surface area contributed by atoms with Crippen molar-refractivity contribution >= 4 is 17.2 Å². The van der Waals surface area contributed by atoms with Gasteiger partial charge in [0.15, 0.2) is 11.5 Å². The standard InChI is InChI=1S/C17H20N2O3S/c1-11(2)8-15-19-13(10-23-15)17(20)18-9-12-4-3-5-14-16(12)22-7-6-21-14/h3-5,10-11H,6-9H2,1-2H3,(H,18,20). The van der Waals surface area contributed by atoms with E-state index in [0.717, 1.165) is 28.5 Å². The van der Waals surface area contributed by atoms with Gasteiger partial charge in [-0.1, -0.05) is 26.0 Å². The van der Waals surface area contributed by atoms with Gasteiger partial charge in [-0.3, -0.25) is 4.79 Å². The third-order valence-electron chi connectivity index (χ3n) is 3.45. The van der Waals surface area contributed by atoms with Crippen LogP contribution < -0.4 is 14.8 Å². The monoisotopic (exact) mass is 332 g/mol. The normalized spacial score (nSPS) is 13.2. The number of nitrogens with zero attached hydrogens (tertiary/aromatic N) is 1. The van der Waals surface area contributed by atoms with Crippen molar-refractivity contribution in [3.63, 3.8) is 0 Å². The highest BCUT2D eigenvalue weighted by Crippen LogP contribution is 2.33. The van der Waals surface area contributed by atoms with Crippen molar-refractivity contribution < 1.29 is 14.3 Å². The van der Waals surface area contributed by atoms with E-state index in [9.17, 15) is 4.79 Å². The first-order valence-corrected chi connectivity index (χ1v) is 8.61. The van der Waals surface area contributed by atoms with Gasteiger partial charge in [0, 0.05) is 23.9 Å². The lowest BCUT2D eigenvalue weighted by Crippen LogP contribution is -2.24. The van der Waals surface area contributed by atoms with Gasteiger partial charge in [-0.05, 0) is 12.0 Å². The molecule has 1 aromatic carbocycles. The summed E-state index contributed by atoms with van der Waals surface area (Å²) in [7, 11) is 0. The van der Waals surface area contributed by atoms with Crippen LogP contribution in [0.3, 0.4) is 0 Å². The molecule has 1 N–H and O–H groups in total. The maximum Gasteiger partial charge on any atom is 0.271 e. The Bertz CT molecular complexity index is 697. The van der Waals surface area contributed by atoms with E-state index in [1.807, 2.05) is 23.6 Å². The van der Waals surface area contributed by atoms with Crippen LogP contribution in [0.1, 0.15) is 34.9 Å². The molecular formula is C17H20N2O3S. The lowest BCUT2D eigenvalue weighted by Gasteiger charge is -2.21. The number of carbonyl (C=O) groups is 1. The molecule has 0 saturated carbocycles. The zero-order chi connectivity index (χ0) is 16.2. The van der Waals surface area contributed by atoms with Crippen molar-refractivity contribution in [1.29, 1.82) is 0 Å². The van der Waals surface area contributed by atoms with Gasteiger partial charge in [-0.25, -0.2) is 4.98 Å². The number of para-hydroxylation sites is 1. The summed E-state index contributed by atoms with van der Waals surface area (Å²) in [6, 6.07) is 5.70. The van der Waals surface area contributed by atoms with Crippen molar-refractivity contribution in [2.45, 2.75) is 26.8 Å². The molecule has 0 unspecified atom stereocenters. The summed E-state index contributed by atoms with van der Waals surface area (Å²) in [6.07, 6.45) is 0.898. The molecule has 0 fully saturated rings. The Labute approximate surface area is 139 Å². The quantitative estimate of drug-likeness (QED) is 0.914. The van der Waals surface area contributed by atoms with Crippen LogP contribution in [-0.2, 0) is 13.0 Å². The predicted octanol–water partition coefficient (Wildman–Crippen LogP) is 3.04. The van der Waals surface area contributed by atoms with Crippen LogP contribution in [0.4, 0.5) is 0 Å². The third-order valence-corrected chi connectivity index (χ3v) is 4.33. The van der Waals surface area contributed by atoms with Crippen LogP contribution in [0.15, 0.2) is 23.6 Å². The van der Waals surface area contributed by atoms with E-state index >= 15 is 0 Å². The number of rotatable bonds is 5. The summed E-state index contributed by atoms with van der Waals surface area (Å²) in [5.41, 5.74) is 1.39. The lowest BCUT2D eigenvalue weighted by molar-refractivity contribution is 0.0945. The number of aromatic nitrogens is 1. The number of carbonyl (C=O) groups excluding carboxylic acids is 1. The van der Waals surface area contributed by atoms with Gasteiger partial charge < -0.3 is 14.8 Å². The van der Waals surface area contributed by atoms with Gasteiger partial charge >= 0.3 is 0 Å². The zero-order valence-corrected chi connectivity index (χ0v) is 14.1. The summed E-state index contributed by atoms with van der Waals surface area (Å²) in [4.78, 5) is 16.6. The number of nitrogens with one attached hydrogen (secondary N) is 1. The summed E-state index contributed by atoms with van der Waals surface area (Å²) in [5, 5.41) is 5.71. The molecule has 2 heterocycles. The van der Waals surface area contributed by atoms with Gasteiger partial charge in [-0.2, -0.15) is 0 Å². The minimum atomic E-state index is -0.161. The summed E-state index contributed by atoms with van der Waals surface area (Å²) < 4.78 is 11.2. The fourth-order valence-corrected chi connectivity index (χ4v) is 3.39. The highest BCUT2D eigenvalue weighted by molar-refractivity contribution is 7.09. The Morgan fingerprint density at radius 2 is 2.17 bits per heavy atom. The number of amides is 1. The average molecular weight is 332 g/mol. The predicted molar refractivity (Wildman–Crippen MR) is 89.3 cm³/mol. The van der Waals surface area contributed by atoms with Gasteiger partial charge in [-0.15, -0.1) is 11.3 Å². The van der Waals surface area contributed by atoms with E-state index in [0.29, 0.717) is 31.4 Å². The molecule has 2 aromatic rings. The summed E-state index contributed by atoms with van der Waals surface area (Å²) in [5.74, 6) is 1.82. The van der Waals surface area contributed by atoms with Crippen LogP contribution in [0.5, 0.6) is 11.5 Å². The van der Waals surface area contributed by atoms with Crippen molar-refractivity contribution in [1.82, 2.24) is 10.3 Å². The third kappa shape index (κ3) is 3.82. The van der Waals surface area contributed by atoms with Gasteiger partial charge in [0.1, 0.15) is 18.9 Å². The first kappa shape index (κ1) is 15.8. The van der Waals surface area contributed by atoms with E-state index in [-0.39, 0.29) is 5.91 Å². The van der Waals surface area contributed by atoms with Crippen LogP contribution >= 0.6 is 11.3 Å². The number of benzene rings is 1. The van der Waals surface area contributed by atoms with Crippen LogP contribution in [0, 0.1) is 5.92 Å². The topological polar surface area (TPSA) is 60.5 Å². The SMILES string of the molecule is CC(C)Cc1nc(C(=O)NCc2cccc3c2OCCO3)cs1. The molecule has 0 saturated heterocycles. The first-order chi connectivity index (χ1) is 11.1. The van der Waals surface area contributed by atoms with Crippen molar-refractivity contribution in [2.75, 3.05) is 13.2 Å². The van der Waals surface area contributed by atoms with Crippen molar-refractivity contribution in [3.05, 3.63) is 39.8 Å². The van der Waals surface area contributed by atoms with Crippen molar-refractivity contribution in [3.8, 4) is 11.5 Å². The van der Waals surface area contributed by atoms with E-state index < -0.39 is 0 Å². The van der Waals surface area contributed by atoms with Crippen molar-refractivity contribution in [2.24, 2.45) is 5.92 Å². The fraction of sp³-hybridized carbons (Fsp3) is 0.412. The number of ether oxygens (including phenoxy) is 2. The van der Waals surface area contributed by atoms with Crippen LogP contribution in [0.25, 0.3) is 0 Å². The Kier molecular flexibility index (Phi) is 4.81. The molecule has 1 aliphatic rings. The van der Waals surface area contributed by atoms with Gasteiger partial charge in [0.2, 0.25) is 0 Å². The highest BCUT2D eigenvalue weighted by Gasteiger charge is 2.17. The molecule has 0 aliphatic carbocycles. The van der Waals surface area contributed by atoms with Crippen LogP contribution in [-0.4, -0.2) is 24.1 Å². The second-order valence-corrected chi connectivity index (χ2v) is 6.79. The second kappa shape index (κ2) is 7.00. The number of fused-ring (bicyclic) bond motifs is 1. The second-order valence-electron chi connectivity index (χ2n) is 5.85. The smallest absolute Gasteiger partial charge is 0.271 e. The Balaban J connectivity index is 1.64. The minimum absolute atomic E-state index is 0.161. The molecule has 23 heavy (non-hydrogen) atoms. The highest BCUT2D eigenvalue weighted by atomic mass is 32.1. The minimum Gasteiger partial charge on any atom is -0.486 e. The van der Waals surface area contributed by atoms with Crippen LogP contribution in [0.2, 0.25) is 0 Å². The maximum absolute atomic E-state index is 12.2. The lowest BCUT2D eigenvalue weighted by atomic mass is 10.1. The maximum atomic E-state index is 12.2. The van der Waals surface area contributed by atoms with E-state index in [4.69, 9.17) is 9.47 Å². The summed E-state index contributed by atoms with van der Waals surface area (Å²) in [6.45, 7) is 5.76. The molecule has 0 spiro atoms. The fourth-order valence-electron chi connectivity index (χ4n) is 2.40. The van der Waals surface area contributed by atoms with E-state index in [1.165, 1.54) is 11.3 Å². The number of thiazole rings is 1. The molecule has 1 aromatic heterocycles.